The summed E-state index contributed by atoms with van der Waals surface area (Å²) in [7, 11) is 0. The van der Waals surface area contributed by atoms with Gasteiger partial charge in [0.2, 0.25) is 0 Å². The van der Waals surface area contributed by atoms with E-state index in [1.54, 1.807) is 0 Å². The number of nitriles is 1. The summed E-state index contributed by atoms with van der Waals surface area (Å²) in [6, 6.07) is 2.44. The molecule has 0 bridgehead atoms. The zero-order valence-corrected chi connectivity index (χ0v) is 8.38. The van der Waals surface area contributed by atoms with Gasteiger partial charge >= 0.3 is 0 Å². The molecule has 2 N–H and O–H groups in total. The van der Waals surface area contributed by atoms with Crippen molar-refractivity contribution in [1.82, 2.24) is 5.32 Å². The molecule has 1 rings (SSSR count). The van der Waals surface area contributed by atoms with Crippen molar-refractivity contribution in [2.24, 2.45) is 5.41 Å². The molecule has 0 aromatic carbocycles. The van der Waals surface area contributed by atoms with Crippen LogP contribution in [-0.2, 0) is 0 Å². The van der Waals surface area contributed by atoms with Crippen LogP contribution in [-0.4, -0.2) is 23.8 Å². The Kier molecular flexibility index (Phi) is 3.29. The fourth-order valence-electron chi connectivity index (χ4n) is 1.60. The number of nitrogens with one attached hydrogen (secondary N) is 1. The highest BCUT2D eigenvalue weighted by molar-refractivity contribution is 4.95. The van der Waals surface area contributed by atoms with Crippen molar-refractivity contribution >= 4 is 0 Å². The maximum atomic E-state index is 9.51. The third-order valence-electron chi connectivity index (χ3n) is 2.59. The van der Waals surface area contributed by atoms with Crippen LogP contribution in [0.4, 0.5) is 0 Å². The smallest absolute Gasteiger partial charge is 0.0697 e. The predicted molar refractivity (Wildman–Crippen MR) is 51.0 cm³/mol. The Morgan fingerprint density at radius 1 is 1.54 bits per heavy atom. The molecule has 0 spiro atoms. The number of rotatable bonds is 3. The molecule has 1 saturated carbocycles. The molecule has 0 heterocycles. The van der Waals surface area contributed by atoms with Gasteiger partial charge < -0.3 is 10.4 Å². The minimum atomic E-state index is -0.331. The van der Waals surface area contributed by atoms with Crippen molar-refractivity contribution in [3.63, 3.8) is 0 Å². The standard InChI is InChI=1S/C10H18N2O/c1-10(2,6-11)7-12-8-4-3-5-9(8)13/h8-9,12-13H,3-5,7H2,1-2H3. The molecular formula is C10H18N2O. The zero-order chi connectivity index (χ0) is 9.90. The van der Waals surface area contributed by atoms with Gasteiger partial charge in [0, 0.05) is 12.6 Å². The molecule has 3 nitrogen and oxygen atoms in total. The molecule has 0 aromatic heterocycles. The number of hydrogen-bond acceptors (Lipinski definition) is 3. The van der Waals surface area contributed by atoms with Gasteiger partial charge in [0.25, 0.3) is 0 Å². The van der Waals surface area contributed by atoms with Crippen molar-refractivity contribution in [2.75, 3.05) is 6.54 Å². The van der Waals surface area contributed by atoms with Crippen LogP contribution in [0.3, 0.4) is 0 Å². The molecule has 74 valence electrons. The second-order valence-electron chi connectivity index (χ2n) is 4.48. The van der Waals surface area contributed by atoms with Gasteiger partial charge in [-0.25, -0.2) is 0 Å². The number of aliphatic hydroxyl groups is 1. The minimum absolute atomic E-state index is 0.202. The van der Waals surface area contributed by atoms with Crippen molar-refractivity contribution in [3.8, 4) is 6.07 Å². The van der Waals surface area contributed by atoms with Crippen LogP contribution in [0.1, 0.15) is 33.1 Å². The first-order valence-electron chi connectivity index (χ1n) is 4.88. The van der Waals surface area contributed by atoms with E-state index in [1.165, 1.54) is 0 Å². The van der Waals surface area contributed by atoms with E-state index in [1.807, 2.05) is 13.8 Å². The molecular weight excluding hydrogens is 164 g/mol. The maximum absolute atomic E-state index is 9.51. The van der Waals surface area contributed by atoms with Crippen molar-refractivity contribution in [3.05, 3.63) is 0 Å². The van der Waals surface area contributed by atoms with Crippen LogP contribution in [0.5, 0.6) is 0 Å². The molecule has 0 aliphatic heterocycles. The monoisotopic (exact) mass is 182 g/mol. The van der Waals surface area contributed by atoms with Crippen LogP contribution in [0.2, 0.25) is 0 Å². The lowest BCUT2D eigenvalue weighted by atomic mass is 9.95. The van der Waals surface area contributed by atoms with Gasteiger partial charge in [-0.1, -0.05) is 0 Å². The van der Waals surface area contributed by atoms with E-state index in [0.29, 0.717) is 6.54 Å². The van der Waals surface area contributed by atoms with E-state index in [4.69, 9.17) is 5.26 Å². The first kappa shape index (κ1) is 10.5. The largest absolute Gasteiger partial charge is 0.392 e. The highest BCUT2D eigenvalue weighted by Crippen LogP contribution is 2.20. The molecule has 1 aliphatic rings. The van der Waals surface area contributed by atoms with Crippen molar-refractivity contribution in [1.29, 1.82) is 5.26 Å². The van der Waals surface area contributed by atoms with Crippen molar-refractivity contribution < 1.29 is 5.11 Å². The fraction of sp³-hybridized carbons (Fsp3) is 0.900. The molecule has 0 aromatic rings. The second kappa shape index (κ2) is 4.08. The normalized spacial score (nSPS) is 28.8. The van der Waals surface area contributed by atoms with E-state index in [-0.39, 0.29) is 17.6 Å². The topological polar surface area (TPSA) is 56.0 Å². The third kappa shape index (κ3) is 2.98. The van der Waals surface area contributed by atoms with Crippen LogP contribution in [0, 0.1) is 16.7 Å². The molecule has 2 atom stereocenters. The van der Waals surface area contributed by atoms with Crippen LogP contribution in [0.15, 0.2) is 0 Å². The Labute approximate surface area is 79.8 Å². The summed E-state index contributed by atoms with van der Waals surface area (Å²) in [4.78, 5) is 0. The van der Waals surface area contributed by atoms with Gasteiger partial charge in [-0.2, -0.15) is 5.26 Å². The molecule has 0 saturated heterocycles. The molecule has 1 fully saturated rings. The van der Waals surface area contributed by atoms with Gasteiger partial charge in [0.05, 0.1) is 17.6 Å². The van der Waals surface area contributed by atoms with Gasteiger partial charge in [-0.3, -0.25) is 0 Å². The van der Waals surface area contributed by atoms with Crippen molar-refractivity contribution in [2.45, 2.75) is 45.3 Å². The summed E-state index contributed by atoms with van der Waals surface area (Å²) in [5, 5.41) is 21.5. The quantitative estimate of drug-likeness (QED) is 0.685. The molecule has 3 heteroatoms. The summed E-state index contributed by atoms with van der Waals surface area (Å²) >= 11 is 0. The van der Waals surface area contributed by atoms with E-state index in [2.05, 4.69) is 11.4 Å². The Balaban J connectivity index is 2.30. The molecule has 1 aliphatic carbocycles. The van der Waals surface area contributed by atoms with Gasteiger partial charge in [0.1, 0.15) is 0 Å². The van der Waals surface area contributed by atoms with Gasteiger partial charge in [-0.05, 0) is 33.1 Å². The van der Waals surface area contributed by atoms with E-state index < -0.39 is 0 Å². The molecule has 2 unspecified atom stereocenters. The summed E-state index contributed by atoms with van der Waals surface area (Å²) in [5.41, 5.74) is -0.331. The van der Waals surface area contributed by atoms with Gasteiger partial charge in [0.15, 0.2) is 0 Å². The summed E-state index contributed by atoms with van der Waals surface area (Å²) < 4.78 is 0. The van der Waals surface area contributed by atoms with Crippen LogP contribution < -0.4 is 5.32 Å². The van der Waals surface area contributed by atoms with Crippen LogP contribution >= 0.6 is 0 Å². The second-order valence-corrected chi connectivity index (χ2v) is 4.48. The average molecular weight is 182 g/mol. The summed E-state index contributed by atoms with van der Waals surface area (Å²) in [6.07, 6.45) is 2.80. The highest BCUT2D eigenvalue weighted by atomic mass is 16.3. The Morgan fingerprint density at radius 2 is 2.23 bits per heavy atom. The lowest BCUT2D eigenvalue weighted by Crippen LogP contribution is -2.40. The molecule has 13 heavy (non-hydrogen) atoms. The molecule has 0 radical (unpaired) electrons. The fourth-order valence-corrected chi connectivity index (χ4v) is 1.60. The first-order valence-corrected chi connectivity index (χ1v) is 4.88. The van der Waals surface area contributed by atoms with Crippen LogP contribution in [0.25, 0.3) is 0 Å². The Hall–Kier alpha value is -0.590. The SMILES string of the molecule is CC(C)(C#N)CNC1CCCC1O. The Bertz CT molecular complexity index is 207. The number of aliphatic hydroxyl groups excluding tert-OH is 1. The predicted octanol–water partition coefficient (Wildman–Crippen LogP) is 1.04. The summed E-state index contributed by atoms with van der Waals surface area (Å²) in [6.45, 7) is 4.47. The number of nitrogens with zero attached hydrogens (tertiary/aromatic N) is 1. The van der Waals surface area contributed by atoms with E-state index >= 15 is 0 Å². The zero-order valence-electron chi connectivity index (χ0n) is 8.38. The lowest BCUT2D eigenvalue weighted by molar-refractivity contribution is 0.145. The Morgan fingerprint density at radius 3 is 2.69 bits per heavy atom. The highest BCUT2D eigenvalue weighted by Gasteiger charge is 2.27. The third-order valence-corrected chi connectivity index (χ3v) is 2.59. The first-order chi connectivity index (χ1) is 6.05. The molecule has 0 amide bonds. The van der Waals surface area contributed by atoms with E-state index in [0.717, 1.165) is 19.3 Å². The van der Waals surface area contributed by atoms with E-state index in [9.17, 15) is 5.11 Å². The summed E-state index contributed by atoms with van der Waals surface area (Å²) in [5.74, 6) is 0. The maximum Gasteiger partial charge on any atom is 0.0697 e. The minimum Gasteiger partial charge on any atom is -0.392 e. The van der Waals surface area contributed by atoms with Gasteiger partial charge in [-0.15, -0.1) is 0 Å². The average Bonchev–Trinajstić information content (AvgIpc) is 2.48. The lowest BCUT2D eigenvalue weighted by Gasteiger charge is -2.21. The number of hydrogen-bond donors (Lipinski definition) is 2.